The van der Waals surface area contributed by atoms with Gasteiger partial charge >= 0.3 is 0 Å². The quantitative estimate of drug-likeness (QED) is 0.738. The van der Waals surface area contributed by atoms with Crippen LogP contribution in [0.5, 0.6) is 5.75 Å². The number of hydrogen-bond donors (Lipinski definition) is 0. The van der Waals surface area contributed by atoms with Crippen molar-refractivity contribution in [1.82, 2.24) is 9.80 Å². The van der Waals surface area contributed by atoms with E-state index in [-0.39, 0.29) is 5.91 Å². The Bertz CT molecular complexity index is 760. The van der Waals surface area contributed by atoms with Crippen molar-refractivity contribution in [2.24, 2.45) is 23.2 Å². The van der Waals surface area contributed by atoms with E-state index in [2.05, 4.69) is 0 Å². The standard InChI is InChI=1S/C25H34N2O3/c1-2-30-22-5-3-21(4-6-22)24(29)27-9-7-26(8-10-27)23(28)17-25-14-18-11-19(15-25)13-20(12-18)16-25/h3-6,18-20H,2,7-17H2,1H3. The lowest BCUT2D eigenvalue weighted by Crippen LogP contribution is -2.53. The van der Waals surface area contributed by atoms with Crippen molar-refractivity contribution >= 4 is 11.8 Å². The molecular weight excluding hydrogens is 376 g/mol. The summed E-state index contributed by atoms with van der Waals surface area (Å²) in [4.78, 5) is 29.9. The van der Waals surface area contributed by atoms with Crippen LogP contribution in [-0.2, 0) is 4.79 Å². The number of carbonyl (C=O) groups excluding carboxylic acids is 2. The Labute approximate surface area is 179 Å². The van der Waals surface area contributed by atoms with E-state index in [4.69, 9.17) is 4.74 Å². The highest BCUT2D eigenvalue weighted by Gasteiger charge is 2.51. The van der Waals surface area contributed by atoms with E-state index in [1.165, 1.54) is 38.5 Å². The van der Waals surface area contributed by atoms with Crippen molar-refractivity contribution in [2.45, 2.75) is 51.9 Å². The van der Waals surface area contributed by atoms with Gasteiger partial charge in [-0.05, 0) is 92.9 Å². The third-order valence-corrected chi connectivity index (χ3v) is 8.02. The van der Waals surface area contributed by atoms with Gasteiger partial charge in [0.25, 0.3) is 5.91 Å². The van der Waals surface area contributed by atoms with E-state index in [9.17, 15) is 9.59 Å². The van der Waals surface area contributed by atoms with Crippen molar-refractivity contribution in [3.63, 3.8) is 0 Å². The van der Waals surface area contributed by atoms with E-state index in [0.717, 1.165) is 29.9 Å². The third kappa shape index (κ3) is 3.83. The van der Waals surface area contributed by atoms with Crippen molar-refractivity contribution in [3.8, 4) is 5.75 Å². The molecule has 1 aromatic rings. The van der Waals surface area contributed by atoms with Gasteiger partial charge in [0.15, 0.2) is 0 Å². The predicted octanol–water partition coefficient (Wildman–Crippen LogP) is 3.98. The Balaban J connectivity index is 1.15. The van der Waals surface area contributed by atoms with Crippen LogP contribution in [0.15, 0.2) is 24.3 Å². The monoisotopic (exact) mass is 410 g/mol. The highest BCUT2D eigenvalue weighted by molar-refractivity contribution is 5.94. The summed E-state index contributed by atoms with van der Waals surface area (Å²) in [5.74, 6) is 3.80. The normalized spacial score (nSPS) is 32.4. The number of ether oxygens (including phenoxy) is 1. The van der Waals surface area contributed by atoms with Gasteiger partial charge < -0.3 is 14.5 Å². The maximum absolute atomic E-state index is 13.1. The number of carbonyl (C=O) groups is 2. The van der Waals surface area contributed by atoms with Gasteiger partial charge in [-0.25, -0.2) is 0 Å². The zero-order chi connectivity index (χ0) is 20.7. The highest BCUT2D eigenvalue weighted by Crippen LogP contribution is 2.61. The van der Waals surface area contributed by atoms with E-state index in [1.54, 1.807) is 0 Å². The number of rotatable bonds is 5. The number of amides is 2. The van der Waals surface area contributed by atoms with Crippen LogP contribution in [0.25, 0.3) is 0 Å². The van der Waals surface area contributed by atoms with Crippen molar-refractivity contribution in [1.29, 1.82) is 0 Å². The molecule has 2 amide bonds. The Morgan fingerprint density at radius 2 is 1.43 bits per heavy atom. The fraction of sp³-hybridized carbons (Fsp3) is 0.680. The molecule has 0 radical (unpaired) electrons. The van der Waals surface area contributed by atoms with Gasteiger partial charge in [-0.15, -0.1) is 0 Å². The number of nitrogens with zero attached hydrogens (tertiary/aromatic N) is 2. The molecule has 5 aliphatic rings. The summed E-state index contributed by atoms with van der Waals surface area (Å²) in [6, 6.07) is 7.36. The van der Waals surface area contributed by atoms with Gasteiger partial charge in [-0.2, -0.15) is 0 Å². The van der Waals surface area contributed by atoms with Gasteiger partial charge in [0.1, 0.15) is 5.75 Å². The van der Waals surface area contributed by atoms with Crippen molar-refractivity contribution in [2.75, 3.05) is 32.8 Å². The van der Waals surface area contributed by atoms with Gasteiger partial charge in [-0.1, -0.05) is 0 Å². The summed E-state index contributed by atoms with van der Waals surface area (Å²) >= 11 is 0. The molecule has 1 saturated heterocycles. The third-order valence-electron chi connectivity index (χ3n) is 8.02. The molecular formula is C25H34N2O3. The maximum atomic E-state index is 13.1. The van der Waals surface area contributed by atoms with E-state index >= 15 is 0 Å². The molecule has 1 aromatic carbocycles. The largest absolute Gasteiger partial charge is 0.494 e. The van der Waals surface area contributed by atoms with Crippen molar-refractivity contribution in [3.05, 3.63) is 29.8 Å². The molecule has 0 unspecified atom stereocenters. The Hall–Kier alpha value is -2.04. The molecule has 4 bridgehead atoms. The zero-order valence-corrected chi connectivity index (χ0v) is 18.1. The maximum Gasteiger partial charge on any atom is 0.253 e. The molecule has 5 nitrogen and oxygen atoms in total. The molecule has 0 N–H and O–H groups in total. The first kappa shape index (κ1) is 19.9. The second-order valence-corrected chi connectivity index (χ2v) is 10.2. The molecule has 162 valence electrons. The van der Waals surface area contributed by atoms with E-state index < -0.39 is 0 Å². The number of hydrogen-bond acceptors (Lipinski definition) is 3. The summed E-state index contributed by atoms with van der Waals surface area (Å²) in [6.07, 6.45) is 8.82. The zero-order valence-electron chi connectivity index (χ0n) is 18.1. The smallest absolute Gasteiger partial charge is 0.253 e. The Kier molecular flexibility index (Phi) is 5.24. The molecule has 6 rings (SSSR count). The van der Waals surface area contributed by atoms with Gasteiger partial charge in [0.2, 0.25) is 5.91 Å². The van der Waals surface area contributed by atoms with Crippen LogP contribution in [0.2, 0.25) is 0 Å². The minimum Gasteiger partial charge on any atom is -0.494 e. The minimum absolute atomic E-state index is 0.0474. The molecule has 4 aliphatic carbocycles. The molecule has 30 heavy (non-hydrogen) atoms. The summed E-state index contributed by atoms with van der Waals surface area (Å²) < 4.78 is 5.46. The second kappa shape index (κ2) is 7.90. The molecule has 4 saturated carbocycles. The van der Waals surface area contributed by atoms with Crippen molar-refractivity contribution < 1.29 is 14.3 Å². The molecule has 5 heteroatoms. The fourth-order valence-electron chi connectivity index (χ4n) is 7.14. The molecule has 1 heterocycles. The van der Waals surface area contributed by atoms with Crippen LogP contribution in [0.1, 0.15) is 62.2 Å². The summed E-state index contributed by atoms with van der Waals surface area (Å²) in [7, 11) is 0. The van der Waals surface area contributed by atoms with Crippen LogP contribution in [0.4, 0.5) is 0 Å². The average molecular weight is 411 g/mol. The van der Waals surface area contributed by atoms with Gasteiger partial charge in [0, 0.05) is 38.2 Å². The molecule has 5 fully saturated rings. The SMILES string of the molecule is CCOc1ccc(C(=O)N2CCN(C(=O)CC34CC5CC(CC(C5)C3)C4)CC2)cc1. The lowest BCUT2D eigenvalue weighted by Gasteiger charge is -2.57. The summed E-state index contributed by atoms with van der Waals surface area (Å²) in [6.45, 7) is 5.13. The Morgan fingerprint density at radius 1 is 0.900 bits per heavy atom. The van der Waals surface area contributed by atoms with Crippen LogP contribution in [0, 0.1) is 23.2 Å². The summed E-state index contributed by atoms with van der Waals surface area (Å²) in [5, 5.41) is 0. The summed E-state index contributed by atoms with van der Waals surface area (Å²) in [5.41, 5.74) is 0.980. The fourth-order valence-corrected chi connectivity index (χ4v) is 7.14. The van der Waals surface area contributed by atoms with Crippen LogP contribution in [-0.4, -0.2) is 54.4 Å². The van der Waals surface area contributed by atoms with E-state index in [1.807, 2.05) is 41.0 Å². The molecule has 0 spiro atoms. The average Bonchev–Trinajstić information content (AvgIpc) is 2.73. The van der Waals surface area contributed by atoms with Gasteiger partial charge in [0.05, 0.1) is 6.61 Å². The molecule has 1 aliphatic heterocycles. The molecule has 0 aromatic heterocycles. The second-order valence-electron chi connectivity index (χ2n) is 10.2. The van der Waals surface area contributed by atoms with Crippen LogP contribution in [0.3, 0.4) is 0 Å². The first-order valence-electron chi connectivity index (χ1n) is 11.8. The predicted molar refractivity (Wildman–Crippen MR) is 115 cm³/mol. The minimum atomic E-state index is 0.0474. The van der Waals surface area contributed by atoms with Crippen LogP contribution < -0.4 is 4.74 Å². The first-order chi connectivity index (χ1) is 14.5. The molecule has 0 atom stereocenters. The lowest BCUT2D eigenvalue weighted by molar-refractivity contribution is -0.141. The van der Waals surface area contributed by atoms with Gasteiger partial charge in [-0.3, -0.25) is 9.59 Å². The Morgan fingerprint density at radius 3 is 1.97 bits per heavy atom. The van der Waals surface area contributed by atoms with Crippen LogP contribution >= 0.6 is 0 Å². The first-order valence-corrected chi connectivity index (χ1v) is 11.8. The van der Waals surface area contributed by atoms with E-state index in [0.29, 0.717) is 49.7 Å². The lowest BCUT2D eigenvalue weighted by atomic mass is 9.49. The number of piperazine rings is 1. The number of benzene rings is 1. The topological polar surface area (TPSA) is 49.9 Å². The highest BCUT2D eigenvalue weighted by atomic mass is 16.5.